The largest absolute Gasteiger partial charge is 0.493 e. The summed E-state index contributed by atoms with van der Waals surface area (Å²) in [6, 6.07) is 26.2. The number of nitrogens with two attached hydrogens (primary N) is 1. The van der Waals surface area contributed by atoms with E-state index in [1.54, 1.807) is 7.11 Å². The molecule has 0 unspecified atom stereocenters. The Kier molecular flexibility index (Phi) is 10.7. The van der Waals surface area contributed by atoms with E-state index >= 15 is 0 Å². The van der Waals surface area contributed by atoms with E-state index < -0.39 is 0 Å². The molecule has 1 aliphatic carbocycles. The van der Waals surface area contributed by atoms with Gasteiger partial charge >= 0.3 is 0 Å². The van der Waals surface area contributed by atoms with Gasteiger partial charge in [0.15, 0.2) is 11.5 Å². The molecule has 4 aromatic rings. The lowest BCUT2D eigenvalue weighted by Crippen LogP contribution is -2.12. The van der Waals surface area contributed by atoms with Crippen LogP contribution >= 0.6 is 24.8 Å². The Labute approximate surface area is 237 Å². The second-order valence-corrected chi connectivity index (χ2v) is 9.29. The Bertz CT molecular complexity index is 1260. The fourth-order valence-corrected chi connectivity index (χ4v) is 4.81. The van der Waals surface area contributed by atoms with E-state index in [0.717, 1.165) is 42.3 Å². The average Bonchev–Trinajstić information content (AvgIpc) is 3.43. The molecule has 0 amide bonds. The van der Waals surface area contributed by atoms with Gasteiger partial charge in [0.1, 0.15) is 11.5 Å². The predicted octanol–water partition coefficient (Wildman–Crippen LogP) is 8.00. The van der Waals surface area contributed by atoms with Crippen LogP contribution in [0.1, 0.15) is 48.3 Å². The van der Waals surface area contributed by atoms with E-state index in [9.17, 15) is 0 Å². The van der Waals surface area contributed by atoms with Gasteiger partial charge in [-0.1, -0.05) is 18.2 Å². The predicted molar refractivity (Wildman–Crippen MR) is 158 cm³/mol. The normalized spacial score (nSPS) is 13.6. The highest BCUT2D eigenvalue weighted by atomic mass is 35.5. The molecule has 0 spiro atoms. The van der Waals surface area contributed by atoms with Crippen LogP contribution in [0.2, 0.25) is 0 Å². The zero-order valence-corrected chi connectivity index (χ0v) is 23.0. The maximum atomic E-state index is 6.40. The van der Waals surface area contributed by atoms with Gasteiger partial charge in [0.2, 0.25) is 0 Å². The fourth-order valence-electron chi connectivity index (χ4n) is 4.81. The first-order valence-electron chi connectivity index (χ1n) is 12.5. The van der Waals surface area contributed by atoms with Crippen molar-refractivity contribution in [3.05, 3.63) is 108 Å². The summed E-state index contributed by atoms with van der Waals surface area (Å²) in [6.07, 6.45) is 9.45. The minimum absolute atomic E-state index is 0. The van der Waals surface area contributed by atoms with E-state index in [0.29, 0.717) is 5.69 Å². The third-order valence-corrected chi connectivity index (χ3v) is 6.77. The average molecular weight is 554 g/mol. The van der Waals surface area contributed by atoms with Crippen molar-refractivity contribution in [3.8, 4) is 23.0 Å². The molecule has 1 saturated carbocycles. The van der Waals surface area contributed by atoms with Crippen LogP contribution in [-0.4, -0.2) is 18.2 Å². The highest BCUT2D eigenvalue weighted by Gasteiger charge is 2.21. The lowest BCUT2D eigenvalue weighted by atomic mass is 9.86. The van der Waals surface area contributed by atoms with E-state index in [1.165, 1.54) is 29.5 Å². The zero-order valence-electron chi connectivity index (χ0n) is 21.4. The number of methoxy groups -OCH3 is 1. The number of pyridine rings is 1. The van der Waals surface area contributed by atoms with Gasteiger partial charge in [-0.05, 0) is 109 Å². The van der Waals surface area contributed by atoms with Gasteiger partial charge < -0.3 is 19.9 Å². The molecule has 0 radical (unpaired) electrons. The number of rotatable bonds is 9. The van der Waals surface area contributed by atoms with Crippen molar-refractivity contribution in [1.29, 1.82) is 0 Å². The second-order valence-electron chi connectivity index (χ2n) is 9.29. The number of hydrogen-bond acceptors (Lipinski definition) is 5. The highest BCUT2D eigenvalue weighted by Crippen LogP contribution is 2.38. The van der Waals surface area contributed by atoms with Crippen molar-refractivity contribution in [2.75, 3.05) is 12.8 Å². The zero-order chi connectivity index (χ0) is 24.7. The third-order valence-electron chi connectivity index (χ3n) is 6.77. The van der Waals surface area contributed by atoms with Crippen molar-refractivity contribution < 1.29 is 14.2 Å². The summed E-state index contributed by atoms with van der Waals surface area (Å²) >= 11 is 0. The highest BCUT2D eigenvalue weighted by molar-refractivity contribution is 5.85. The lowest BCUT2D eigenvalue weighted by Gasteiger charge is -2.22. The summed E-state index contributed by atoms with van der Waals surface area (Å²) in [4.78, 5) is 4.19. The molecule has 5 rings (SSSR count). The van der Waals surface area contributed by atoms with Crippen LogP contribution in [0.25, 0.3) is 0 Å². The van der Waals surface area contributed by atoms with Crippen LogP contribution in [-0.2, 0) is 6.42 Å². The van der Waals surface area contributed by atoms with Gasteiger partial charge in [0, 0.05) is 24.0 Å². The molecule has 0 saturated heterocycles. The molecule has 38 heavy (non-hydrogen) atoms. The molecule has 2 N–H and O–H groups in total. The first-order chi connectivity index (χ1) is 17.7. The summed E-state index contributed by atoms with van der Waals surface area (Å²) in [6.45, 7) is 0. The summed E-state index contributed by atoms with van der Waals surface area (Å²) in [5.74, 6) is 3.28. The Hall–Kier alpha value is -3.41. The molecular formula is C31H34Cl2N2O3. The van der Waals surface area contributed by atoms with E-state index in [4.69, 9.17) is 19.9 Å². The quantitative estimate of drug-likeness (QED) is 0.213. The molecule has 1 fully saturated rings. The molecule has 7 heteroatoms. The van der Waals surface area contributed by atoms with Crippen LogP contribution in [0.5, 0.6) is 23.0 Å². The van der Waals surface area contributed by atoms with Gasteiger partial charge in [-0.25, -0.2) is 0 Å². The molecule has 1 atom stereocenters. The third kappa shape index (κ3) is 7.33. The van der Waals surface area contributed by atoms with E-state index in [2.05, 4.69) is 41.4 Å². The van der Waals surface area contributed by atoms with Gasteiger partial charge in [-0.2, -0.15) is 0 Å². The summed E-state index contributed by atoms with van der Waals surface area (Å²) in [5, 5.41) is 0. The van der Waals surface area contributed by atoms with Crippen LogP contribution in [0.15, 0.2) is 91.3 Å². The number of aromatic nitrogens is 1. The molecule has 5 nitrogen and oxygen atoms in total. The Morgan fingerprint density at radius 3 is 2.03 bits per heavy atom. The van der Waals surface area contributed by atoms with Crippen LogP contribution in [0.4, 0.5) is 5.69 Å². The molecule has 200 valence electrons. The van der Waals surface area contributed by atoms with Gasteiger partial charge in [-0.15, -0.1) is 24.8 Å². The number of benzene rings is 3. The van der Waals surface area contributed by atoms with E-state index in [1.807, 2.05) is 54.9 Å². The summed E-state index contributed by atoms with van der Waals surface area (Å²) in [5.41, 5.74) is 10.1. The number of nitrogens with zero attached hydrogens (tertiary/aromatic N) is 1. The van der Waals surface area contributed by atoms with Crippen LogP contribution in [0, 0.1) is 0 Å². The second kappa shape index (κ2) is 13.9. The molecule has 0 aliphatic heterocycles. The van der Waals surface area contributed by atoms with Crippen LogP contribution in [0.3, 0.4) is 0 Å². The Morgan fingerprint density at radius 2 is 1.39 bits per heavy atom. The monoisotopic (exact) mass is 552 g/mol. The van der Waals surface area contributed by atoms with Crippen molar-refractivity contribution in [2.45, 2.75) is 44.1 Å². The number of ether oxygens (including phenoxy) is 3. The first kappa shape index (κ1) is 29.2. The topological polar surface area (TPSA) is 66.6 Å². The fraction of sp³-hybridized carbons (Fsp3) is 0.258. The smallest absolute Gasteiger partial charge is 0.161 e. The maximum Gasteiger partial charge on any atom is 0.161 e. The molecule has 1 aliphatic rings. The summed E-state index contributed by atoms with van der Waals surface area (Å²) < 4.78 is 18.1. The van der Waals surface area contributed by atoms with Crippen molar-refractivity contribution >= 4 is 30.5 Å². The van der Waals surface area contributed by atoms with Crippen molar-refractivity contribution in [3.63, 3.8) is 0 Å². The first-order valence-corrected chi connectivity index (χ1v) is 12.5. The number of anilines is 1. The van der Waals surface area contributed by atoms with Gasteiger partial charge in [-0.3, -0.25) is 4.98 Å². The molecule has 1 heterocycles. The molecule has 3 aromatic carbocycles. The maximum absolute atomic E-state index is 6.40. The van der Waals surface area contributed by atoms with E-state index in [-0.39, 0.29) is 36.8 Å². The van der Waals surface area contributed by atoms with Crippen molar-refractivity contribution in [1.82, 2.24) is 4.98 Å². The van der Waals surface area contributed by atoms with Crippen molar-refractivity contribution in [2.24, 2.45) is 0 Å². The minimum Gasteiger partial charge on any atom is -0.493 e. The Balaban J connectivity index is 0.00000200. The molecule has 1 aromatic heterocycles. The number of hydrogen-bond donors (Lipinski definition) is 1. The number of halogens is 2. The van der Waals surface area contributed by atoms with Crippen LogP contribution < -0.4 is 19.9 Å². The number of nitrogen functional groups attached to an aromatic ring is 1. The molecular weight excluding hydrogens is 519 g/mol. The minimum atomic E-state index is 0. The standard InChI is InChI=1S/C31H32N2O3.2ClH/c1-34-30-15-8-24(21-31(30)36-26-4-2-3-5-26)29(20-22-16-18-33-19-17-22)23-6-11-27(12-7-23)35-28-13-9-25(32)10-14-28;;/h6-19,21,26,29H,2-5,20,32H2,1H3;2*1H/t29-;;/m0../s1. The molecule has 0 bridgehead atoms. The Morgan fingerprint density at radius 1 is 0.789 bits per heavy atom. The summed E-state index contributed by atoms with van der Waals surface area (Å²) in [7, 11) is 1.70. The lowest BCUT2D eigenvalue weighted by molar-refractivity contribution is 0.200. The van der Waals surface area contributed by atoms with Gasteiger partial charge in [0.05, 0.1) is 13.2 Å². The SMILES string of the molecule is COc1ccc([C@@H](Cc2ccncc2)c2ccc(Oc3ccc(N)cc3)cc2)cc1OC1CCCC1.Cl.Cl. The van der Waals surface area contributed by atoms with Gasteiger partial charge in [0.25, 0.3) is 0 Å².